The molecule has 11 nitrogen and oxygen atoms in total. The first-order valence-electron chi connectivity index (χ1n) is 5.81. The predicted molar refractivity (Wildman–Crippen MR) is 75.0 cm³/mol. The Hall–Kier alpha value is -3.50. The second-order valence-electron chi connectivity index (χ2n) is 4.10. The van der Waals surface area contributed by atoms with E-state index in [1.54, 1.807) is 6.92 Å². The number of hydrogen-bond acceptors (Lipinski definition) is 9. The fraction of sp³-hybridized carbons (Fsp3) is 0.0909. The fourth-order valence-corrected chi connectivity index (χ4v) is 1.49. The number of anilines is 1. The molecule has 0 atom stereocenters. The van der Waals surface area contributed by atoms with E-state index in [1.165, 1.54) is 0 Å². The molecule has 2 rings (SSSR count). The number of aromatic amines is 1. The van der Waals surface area contributed by atoms with E-state index in [2.05, 4.69) is 25.7 Å². The summed E-state index contributed by atoms with van der Waals surface area (Å²) in [6.07, 6.45) is 1.07. The average molecular weight is 306 g/mol. The molecule has 0 radical (unpaired) electrons. The molecule has 114 valence electrons. The number of nitrogens with zero attached hydrogens (tertiary/aromatic N) is 4. The number of aryl methyl sites for hydroxylation is 1. The SMILES string of the molecule is Cc1n[nH]c(=O)nc1N/N=C\c1cc([N+](=O)[O-])c(O)cc1O. The number of nitrogens with one attached hydrogen (secondary N) is 2. The Labute approximate surface area is 122 Å². The molecule has 22 heavy (non-hydrogen) atoms. The summed E-state index contributed by atoms with van der Waals surface area (Å²) in [4.78, 5) is 24.5. The Bertz CT molecular complexity index is 815. The maximum Gasteiger partial charge on any atom is 0.363 e. The smallest absolute Gasteiger partial charge is 0.363 e. The molecule has 0 aliphatic rings. The van der Waals surface area contributed by atoms with E-state index >= 15 is 0 Å². The summed E-state index contributed by atoms with van der Waals surface area (Å²) in [5, 5.41) is 39.2. The van der Waals surface area contributed by atoms with Gasteiger partial charge in [-0.25, -0.2) is 9.89 Å². The van der Waals surface area contributed by atoms with Crippen molar-refractivity contribution in [2.45, 2.75) is 6.92 Å². The number of nitro benzene ring substituents is 1. The Morgan fingerprint density at radius 1 is 1.41 bits per heavy atom. The third-order valence-corrected chi connectivity index (χ3v) is 2.57. The van der Waals surface area contributed by atoms with Gasteiger partial charge in [-0.15, -0.1) is 0 Å². The predicted octanol–water partition coefficient (Wildman–Crippen LogP) is 0.239. The van der Waals surface area contributed by atoms with E-state index in [-0.39, 0.29) is 11.4 Å². The van der Waals surface area contributed by atoms with Crippen LogP contribution in [0, 0.1) is 17.0 Å². The van der Waals surface area contributed by atoms with E-state index in [1.807, 2.05) is 0 Å². The van der Waals surface area contributed by atoms with Crippen molar-refractivity contribution < 1.29 is 15.1 Å². The minimum absolute atomic E-state index is 0.00699. The van der Waals surface area contributed by atoms with Gasteiger partial charge in [-0.1, -0.05) is 0 Å². The molecule has 0 amide bonds. The first kappa shape index (κ1) is 14.9. The zero-order valence-electron chi connectivity index (χ0n) is 11.1. The highest BCUT2D eigenvalue weighted by molar-refractivity contribution is 5.85. The van der Waals surface area contributed by atoms with Crippen molar-refractivity contribution in [3.8, 4) is 11.5 Å². The van der Waals surface area contributed by atoms with Crippen molar-refractivity contribution in [1.82, 2.24) is 15.2 Å². The largest absolute Gasteiger partial charge is 0.507 e. The molecule has 0 fully saturated rings. The first-order valence-corrected chi connectivity index (χ1v) is 5.81. The summed E-state index contributed by atoms with van der Waals surface area (Å²) in [6, 6.07) is 1.78. The maximum atomic E-state index is 11.0. The molecule has 0 bridgehead atoms. The topological polar surface area (TPSA) is 167 Å². The number of phenols is 2. The lowest BCUT2D eigenvalue weighted by atomic mass is 10.2. The number of H-pyrrole nitrogens is 1. The van der Waals surface area contributed by atoms with Crippen LogP contribution in [0.1, 0.15) is 11.3 Å². The van der Waals surface area contributed by atoms with Crippen molar-refractivity contribution >= 4 is 17.7 Å². The van der Waals surface area contributed by atoms with Crippen LogP contribution in [0.15, 0.2) is 22.0 Å². The molecule has 0 aliphatic heterocycles. The van der Waals surface area contributed by atoms with Gasteiger partial charge >= 0.3 is 11.4 Å². The molecular weight excluding hydrogens is 296 g/mol. The van der Waals surface area contributed by atoms with Gasteiger partial charge in [-0.2, -0.15) is 15.2 Å². The molecule has 0 spiro atoms. The van der Waals surface area contributed by atoms with Crippen molar-refractivity contribution in [3.05, 3.63) is 44.0 Å². The number of aromatic nitrogens is 3. The van der Waals surface area contributed by atoms with Gasteiger partial charge in [0, 0.05) is 17.7 Å². The summed E-state index contributed by atoms with van der Waals surface area (Å²) in [5.41, 5.74) is 1.54. The molecule has 0 unspecified atom stereocenters. The highest BCUT2D eigenvalue weighted by Gasteiger charge is 2.16. The Balaban J connectivity index is 2.27. The molecule has 2 aromatic rings. The summed E-state index contributed by atoms with van der Waals surface area (Å²) in [6.45, 7) is 1.57. The summed E-state index contributed by atoms with van der Waals surface area (Å²) in [7, 11) is 0. The summed E-state index contributed by atoms with van der Waals surface area (Å²) < 4.78 is 0. The van der Waals surface area contributed by atoms with Crippen LogP contribution >= 0.6 is 0 Å². The lowest BCUT2D eigenvalue weighted by Gasteiger charge is -2.02. The van der Waals surface area contributed by atoms with Crippen LogP contribution in [-0.2, 0) is 0 Å². The minimum atomic E-state index is -0.800. The Morgan fingerprint density at radius 2 is 2.14 bits per heavy atom. The highest BCUT2D eigenvalue weighted by Crippen LogP contribution is 2.31. The average Bonchev–Trinajstić information content (AvgIpc) is 2.44. The lowest BCUT2D eigenvalue weighted by Crippen LogP contribution is -2.15. The number of aromatic hydroxyl groups is 2. The monoisotopic (exact) mass is 306 g/mol. The lowest BCUT2D eigenvalue weighted by molar-refractivity contribution is -0.385. The van der Waals surface area contributed by atoms with Gasteiger partial charge in [0.05, 0.1) is 11.1 Å². The van der Waals surface area contributed by atoms with Crippen LogP contribution in [-0.4, -0.2) is 36.5 Å². The molecule has 0 saturated carbocycles. The van der Waals surface area contributed by atoms with Gasteiger partial charge in [-0.3, -0.25) is 15.5 Å². The molecule has 1 aromatic carbocycles. The number of benzene rings is 1. The molecule has 1 aromatic heterocycles. The normalized spacial score (nSPS) is 10.8. The second kappa shape index (κ2) is 5.87. The molecular formula is C11H10N6O5. The summed E-state index contributed by atoms with van der Waals surface area (Å²) >= 11 is 0. The van der Waals surface area contributed by atoms with E-state index in [0.717, 1.165) is 18.3 Å². The van der Waals surface area contributed by atoms with Crippen molar-refractivity contribution in [1.29, 1.82) is 0 Å². The first-order chi connectivity index (χ1) is 10.4. The van der Waals surface area contributed by atoms with Crippen LogP contribution in [0.5, 0.6) is 11.5 Å². The molecule has 1 heterocycles. The van der Waals surface area contributed by atoms with Gasteiger partial charge < -0.3 is 10.2 Å². The van der Waals surface area contributed by atoms with Crippen LogP contribution in [0.2, 0.25) is 0 Å². The highest BCUT2D eigenvalue weighted by atomic mass is 16.6. The molecule has 0 saturated heterocycles. The van der Waals surface area contributed by atoms with Crippen molar-refractivity contribution in [3.63, 3.8) is 0 Å². The molecule has 0 aliphatic carbocycles. The van der Waals surface area contributed by atoms with E-state index in [9.17, 15) is 25.1 Å². The Morgan fingerprint density at radius 3 is 2.82 bits per heavy atom. The van der Waals surface area contributed by atoms with Crippen LogP contribution in [0.4, 0.5) is 11.5 Å². The van der Waals surface area contributed by atoms with Crippen molar-refractivity contribution in [2.24, 2.45) is 5.10 Å². The minimum Gasteiger partial charge on any atom is -0.507 e. The van der Waals surface area contributed by atoms with Gasteiger partial charge in [0.1, 0.15) is 11.4 Å². The van der Waals surface area contributed by atoms with Gasteiger partial charge in [-0.05, 0) is 6.92 Å². The van der Waals surface area contributed by atoms with Gasteiger partial charge in [0.25, 0.3) is 0 Å². The van der Waals surface area contributed by atoms with Gasteiger partial charge in [0.15, 0.2) is 11.6 Å². The quantitative estimate of drug-likeness (QED) is 0.354. The van der Waals surface area contributed by atoms with Crippen LogP contribution in [0.25, 0.3) is 0 Å². The third-order valence-electron chi connectivity index (χ3n) is 2.57. The second-order valence-corrected chi connectivity index (χ2v) is 4.10. The number of hydrazone groups is 1. The van der Waals surface area contributed by atoms with E-state index in [0.29, 0.717) is 5.69 Å². The Kier molecular flexibility index (Phi) is 3.97. The van der Waals surface area contributed by atoms with E-state index in [4.69, 9.17) is 0 Å². The standard InChI is InChI=1S/C11H10N6O5/c1-5-10(13-11(20)16-14-5)15-12-4-6-2-7(17(21)22)9(19)3-8(6)18/h2-4,18-19H,1H3,(H2,13,15,16,20)/b12-4-. The third kappa shape index (κ3) is 3.15. The van der Waals surface area contributed by atoms with Gasteiger partial charge in [0.2, 0.25) is 0 Å². The summed E-state index contributed by atoms with van der Waals surface area (Å²) in [5.74, 6) is -0.973. The van der Waals surface area contributed by atoms with Crippen LogP contribution < -0.4 is 11.1 Å². The van der Waals surface area contributed by atoms with Crippen LogP contribution in [0.3, 0.4) is 0 Å². The van der Waals surface area contributed by atoms with E-state index < -0.39 is 27.8 Å². The number of phenolic OH excluding ortho intramolecular Hbond substituents is 2. The number of nitro groups is 1. The van der Waals surface area contributed by atoms with Crippen molar-refractivity contribution in [2.75, 3.05) is 5.43 Å². The zero-order chi connectivity index (χ0) is 16.3. The maximum absolute atomic E-state index is 11.0. The number of hydrogen-bond donors (Lipinski definition) is 4. The molecule has 11 heteroatoms. The fourth-order valence-electron chi connectivity index (χ4n) is 1.49. The molecule has 4 N–H and O–H groups in total. The zero-order valence-corrected chi connectivity index (χ0v) is 11.1. The number of rotatable bonds is 4.